The van der Waals surface area contributed by atoms with Crippen molar-refractivity contribution in [3.63, 3.8) is 0 Å². The highest BCUT2D eigenvalue weighted by Crippen LogP contribution is 2.47. The van der Waals surface area contributed by atoms with E-state index < -0.39 is 12.0 Å². The van der Waals surface area contributed by atoms with Crippen LogP contribution in [0.3, 0.4) is 0 Å². The summed E-state index contributed by atoms with van der Waals surface area (Å²) in [6.45, 7) is 2.29. The highest BCUT2D eigenvalue weighted by atomic mass is 32.2. The zero-order chi connectivity index (χ0) is 25.8. The molecule has 0 spiro atoms. The highest BCUT2D eigenvalue weighted by molar-refractivity contribution is 8.16. The smallest absolute Gasteiger partial charge is 0.338 e. The van der Waals surface area contributed by atoms with E-state index in [9.17, 15) is 9.59 Å². The Kier molecular flexibility index (Phi) is 7.69. The molecule has 2 heterocycles. The molecule has 2 aromatic carbocycles. The van der Waals surface area contributed by atoms with Gasteiger partial charge in [0.15, 0.2) is 5.17 Å². The molecule has 9 heteroatoms. The van der Waals surface area contributed by atoms with E-state index in [1.807, 2.05) is 52.8 Å². The molecule has 2 aliphatic heterocycles. The second-order valence-corrected chi connectivity index (χ2v) is 9.24. The molecule has 0 N–H and O–H groups in total. The molecule has 8 nitrogen and oxygen atoms in total. The van der Waals surface area contributed by atoms with E-state index in [1.54, 1.807) is 39.2 Å². The average molecular weight is 508 g/mol. The summed E-state index contributed by atoms with van der Waals surface area (Å²) < 4.78 is 16.2. The van der Waals surface area contributed by atoms with Crippen LogP contribution >= 0.6 is 11.8 Å². The van der Waals surface area contributed by atoms with Crippen LogP contribution < -0.4 is 9.47 Å². The lowest BCUT2D eigenvalue weighted by atomic mass is 9.93. The second kappa shape index (κ2) is 10.9. The largest absolute Gasteiger partial charge is 0.497 e. The van der Waals surface area contributed by atoms with Crippen molar-refractivity contribution in [3.05, 3.63) is 82.0 Å². The molecule has 0 unspecified atom stereocenters. The molecule has 1 atom stereocenters. The molecule has 188 valence electrons. The normalized spacial score (nSPS) is 16.7. The van der Waals surface area contributed by atoms with Gasteiger partial charge in [-0.05, 0) is 30.0 Å². The minimum absolute atomic E-state index is 0.0432. The van der Waals surface area contributed by atoms with Crippen LogP contribution in [0.25, 0.3) is 0 Å². The van der Waals surface area contributed by atoms with E-state index in [-0.39, 0.29) is 12.3 Å². The maximum Gasteiger partial charge on any atom is 0.338 e. The summed E-state index contributed by atoms with van der Waals surface area (Å²) in [4.78, 5) is 34.5. The quantitative estimate of drug-likeness (QED) is 0.487. The average Bonchev–Trinajstić information content (AvgIpc) is 3.29. The number of carbonyl (C=O) groups is 2. The first-order chi connectivity index (χ1) is 17.4. The number of rotatable bonds is 8. The zero-order valence-corrected chi connectivity index (χ0v) is 21.8. The summed E-state index contributed by atoms with van der Waals surface area (Å²) in [6.07, 6.45) is 0.151. The standard InChI is InChI=1S/C27H29N3O5S/c1-17-24(26(32)35-5)25(21-12-11-20(33-3)14-22(21)34-4)30-19(16-36-27(30)28-17)13-23(31)29(2)15-18-9-7-6-8-10-18/h6-12,14,16,25H,13,15H2,1-5H3/t25-/m0/s1. The first-order valence-electron chi connectivity index (χ1n) is 11.4. The van der Waals surface area contributed by atoms with Crippen LogP contribution in [0.15, 0.2) is 75.9 Å². The van der Waals surface area contributed by atoms with Crippen LogP contribution in [-0.4, -0.2) is 55.2 Å². The molecule has 0 aliphatic carbocycles. The summed E-state index contributed by atoms with van der Waals surface area (Å²) in [7, 11) is 6.29. The molecule has 0 radical (unpaired) electrons. The van der Waals surface area contributed by atoms with Crippen molar-refractivity contribution in [2.24, 2.45) is 4.99 Å². The molecule has 0 bridgehead atoms. The molecule has 0 fully saturated rings. The number of nitrogens with zero attached hydrogens (tertiary/aromatic N) is 3. The predicted octanol–water partition coefficient (Wildman–Crippen LogP) is 4.50. The number of amidine groups is 1. The summed E-state index contributed by atoms with van der Waals surface area (Å²) in [5.74, 6) is 0.656. The van der Waals surface area contributed by atoms with E-state index in [0.29, 0.717) is 34.5 Å². The molecule has 0 saturated heterocycles. The van der Waals surface area contributed by atoms with Crippen LogP contribution in [0.2, 0.25) is 0 Å². The molecule has 36 heavy (non-hydrogen) atoms. The fourth-order valence-corrected chi connectivity index (χ4v) is 5.28. The van der Waals surface area contributed by atoms with Crippen LogP contribution in [0.4, 0.5) is 0 Å². The second-order valence-electron chi connectivity index (χ2n) is 8.40. The van der Waals surface area contributed by atoms with Gasteiger partial charge in [-0.25, -0.2) is 9.79 Å². The van der Waals surface area contributed by atoms with Crippen molar-refractivity contribution >= 4 is 28.8 Å². The van der Waals surface area contributed by atoms with E-state index in [4.69, 9.17) is 14.2 Å². The maximum atomic E-state index is 13.2. The Morgan fingerprint density at radius 1 is 1.08 bits per heavy atom. The number of hydrogen-bond donors (Lipinski definition) is 0. The SMILES string of the molecule is COC(=O)C1=C(C)N=C2SC=C(CC(=O)N(C)Cc3ccccc3)N2[C@H]1c1ccc(OC)cc1OC. The zero-order valence-electron chi connectivity index (χ0n) is 21.0. The van der Waals surface area contributed by atoms with E-state index in [0.717, 1.165) is 16.8 Å². The lowest BCUT2D eigenvalue weighted by Gasteiger charge is -2.37. The molecule has 0 aromatic heterocycles. The van der Waals surface area contributed by atoms with E-state index in [2.05, 4.69) is 4.99 Å². The van der Waals surface area contributed by atoms with Gasteiger partial charge in [-0.2, -0.15) is 0 Å². The molecule has 2 aliphatic rings. The number of amides is 1. The third-order valence-corrected chi connectivity index (χ3v) is 7.05. The van der Waals surface area contributed by atoms with Crippen molar-refractivity contribution in [1.82, 2.24) is 9.80 Å². The monoisotopic (exact) mass is 507 g/mol. The molecular formula is C27H29N3O5S. The summed E-state index contributed by atoms with van der Waals surface area (Å²) in [5.41, 5.74) is 3.49. The first-order valence-corrected chi connectivity index (χ1v) is 12.3. The van der Waals surface area contributed by atoms with Gasteiger partial charge in [-0.1, -0.05) is 42.1 Å². The minimum atomic E-state index is -0.584. The van der Waals surface area contributed by atoms with Gasteiger partial charge in [-0.3, -0.25) is 4.79 Å². The number of esters is 1. The molecule has 0 saturated carbocycles. The van der Waals surface area contributed by atoms with Gasteiger partial charge in [0, 0.05) is 30.9 Å². The third-order valence-electron chi connectivity index (χ3n) is 6.16. The number of hydrogen-bond acceptors (Lipinski definition) is 8. The van der Waals surface area contributed by atoms with Crippen LogP contribution in [0, 0.1) is 0 Å². The minimum Gasteiger partial charge on any atom is -0.497 e. The van der Waals surface area contributed by atoms with Crippen molar-refractivity contribution in [3.8, 4) is 11.5 Å². The Balaban J connectivity index is 1.69. The first kappa shape index (κ1) is 25.4. The third kappa shape index (κ3) is 4.97. The number of aliphatic imine (C=N–C) groups is 1. The Morgan fingerprint density at radius 2 is 1.83 bits per heavy atom. The molecule has 1 amide bonds. The number of carbonyl (C=O) groups excluding carboxylic acids is 2. The number of allylic oxidation sites excluding steroid dienone is 1. The topological polar surface area (TPSA) is 80.7 Å². The van der Waals surface area contributed by atoms with Crippen LogP contribution in [0.1, 0.15) is 30.5 Å². The van der Waals surface area contributed by atoms with E-state index in [1.165, 1.54) is 18.9 Å². The number of methoxy groups -OCH3 is 3. The molecular weight excluding hydrogens is 478 g/mol. The van der Waals surface area contributed by atoms with Gasteiger partial charge in [0.05, 0.1) is 45.1 Å². The van der Waals surface area contributed by atoms with E-state index >= 15 is 0 Å². The van der Waals surface area contributed by atoms with Crippen molar-refractivity contribution < 1.29 is 23.8 Å². The Morgan fingerprint density at radius 3 is 2.50 bits per heavy atom. The fraction of sp³-hybridized carbons (Fsp3) is 0.296. The maximum absolute atomic E-state index is 13.2. The molecule has 4 rings (SSSR count). The van der Waals surface area contributed by atoms with Crippen LogP contribution in [0.5, 0.6) is 11.5 Å². The summed E-state index contributed by atoms with van der Waals surface area (Å²) >= 11 is 1.43. The van der Waals surface area contributed by atoms with Gasteiger partial charge >= 0.3 is 5.97 Å². The summed E-state index contributed by atoms with van der Waals surface area (Å²) in [5, 5.41) is 2.61. The Labute approximate surface area is 215 Å². The van der Waals surface area contributed by atoms with Gasteiger partial charge in [0.2, 0.25) is 5.91 Å². The number of benzene rings is 2. The fourth-order valence-electron chi connectivity index (χ4n) is 4.31. The van der Waals surface area contributed by atoms with Gasteiger partial charge in [0.25, 0.3) is 0 Å². The number of fused-ring (bicyclic) bond motifs is 1. The Bertz CT molecular complexity index is 1260. The van der Waals surface area contributed by atoms with Crippen molar-refractivity contribution in [2.75, 3.05) is 28.4 Å². The van der Waals surface area contributed by atoms with Gasteiger partial charge in [-0.15, -0.1) is 0 Å². The number of thioether (sulfide) groups is 1. The summed E-state index contributed by atoms with van der Waals surface area (Å²) in [6, 6.07) is 14.7. The Hall–Kier alpha value is -3.72. The predicted molar refractivity (Wildman–Crippen MR) is 139 cm³/mol. The molecule has 2 aromatic rings. The van der Waals surface area contributed by atoms with Crippen molar-refractivity contribution in [2.45, 2.75) is 25.9 Å². The van der Waals surface area contributed by atoms with Crippen LogP contribution in [-0.2, 0) is 20.9 Å². The van der Waals surface area contributed by atoms with Crippen molar-refractivity contribution in [1.29, 1.82) is 0 Å². The lowest BCUT2D eigenvalue weighted by molar-refractivity contribution is -0.136. The number of ether oxygens (including phenoxy) is 3. The van der Waals surface area contributed by atoms with Gasteiger partial charge < -0.3 is 24.0 Å². The highest BCUT2D eigenvalue weighted by Gasteiger charge is 2.42. The van der Waals surface area contributed by atoms with Gasteiger partial charge in [0.1, 0.15) is 11.5 Å². The lowest BCUT2D eigenvalue weighted by Crippen LogP contribution is -2.38.